The lowest BCUT2D eigenvalue weighted by molar-refractivity contribution is -0.139. The van der Waals surface area contributed by atoms with Gasteiger partial charge in [-0.05, 0) is 76.4 Å². The first kappa shape index (κ1) is 34.2. The molecule has 4 aromatic rings. The SMILES string of the molecule is C[Si]1(C)C[C@@H](C(=O)N[C@@H]2CCCc3ccccc32)N(C(=O)[C@H](Cc2ccc(C(=O)O)cc2)NC(=O)OCC2c3ccccc3-c3ccccc32)C1. The highest BCUT2D eigenvalue weighted by Gasteiger charge is 2.47. The van der Waals surface area contributed by atoms with Gasteiger partial charge in [-0.25, -0.2) is 9.59 Å². The standard InChI is InChI=1S/C41H43N3O6Si/c1-51(2)24-37(38(45)42-35-17-9-11-27-10-3-4-12-29(27)35)44(25-51)39(46)36(22-26-18-20-28(21-19-26)40(47)48)43-41(49)50-23-34-32-15-7-5-13-30(32)31-14-6-8-16-33(31)34/h3-8,10,12-16,18-21,34-37H,9,11,17,22-25H2,1-2H3,(H,42,45)(H,43,49)(H,47,48)/t35-,36+,37+/m1/s1. The van der Waals surface area contributed by atoms with Crippen LogP contribution in [0.2, 0.25) is 19.1 Å². The summed E-state index contributed by atoms with van der Waals surface area (Å²) in [7, 11) is -1.99. The summed E-state index contributed by atoms with van der Waals surface area (Å²) in [6, 6.07) is 29.4. The average molecular weight is 702 g/mol. The largest absolute Gasteiger partial charge is 0.478 e. The summed E-state index contributed by atoms with van der Waals surface area (Å²) in [6.45, 7) is 4.44. The predicted molar refractivity (Wildman–Crippen MR) is 197 cm³/mol. The average Bonchev–Trinajstić information content (AvgIpc) is 3.64. The van der Waals surface area contributed by atoms with Crippen LogP contribution in [-0.4, -0.2) is 66.8 Å². The fourth-order valence-electron chi connectivity index (χ4n) is 8.11. The topological polar surface area (TPSA) is 125 Å². The third kappa shape index (κ3) is 7.19. The van der Waals surface area contributed by atoms with Crippen molar-refractivity contribution in [1.82, 2.24) is 15.5 Å². The van der Waals surface area contributed by atoms with Gasteiger partial charge >= 0.3 is 12.1 Å². The molecule has 0 saturated carbocycles. The number of carbonyl (C=O) groups excluding carboxylic acids is 3. The molecule has 3 aliphatic rings. The smallest absolute Gasteiger partial charge is 0.407 e. The van der Waals surface area contributed by atoms with Gasteiger partial charge in [-0.15, -0.1) is 0 Å². The second kappa shape index (κ2) is 14.2. The molecule has 1 saturated heterocycles. The van der Waals surface area contributed by atoms with E-state index in [1.807, 2.05) is 48.5 Å². The molecule has 0 bridgehead atoms. The summed E-state index contributed by atoms with van der Waals surface area (Å²) in [5.41, 5.74) is 7.55. The van der Waals surface area contributed by atoms with E-state index in [0.717, 1.165) is 47.1 Å². The van der Waals surface area contributed by atoms with Crippen molar-refractivity contribution in [2.75, 3.05) is 12.8 Å². The quantitative estimate of drug-likeness (QED) is 0.172. The number of hydrogen-bond acceptors (Lipinski definition) is 5. The Kier molecular flexibility index (Phi) is 9.52. The van der Waals surface area contributed by atoms with Crippen molar-refractivity contribution >= 4 is 32.0 Å². The summed E-state index contributed by atoms with van der Waals surface area (Å²) in [4.78, 5) is 55.3. The van der Waals surface area contributed by atoms with Crippen LogP contribution in [-0.2, 0) is 27.2 Å². The second-order valence-corrected chi connectivity index (χ2v) is 19.8. The van der Waals surface area contributed by atoms with Crippen LogP contribution < -0.4 is 10.6 Å². The molecule has 2 aliphatic carbocycles. The van der Waals surface area contributed by atoms with Crippen molar-refractivity contribution in [2.24, 2.45) is 0 Å². The number of aromatic carboxylic acids is 1. The summed E-state index contributed by atoms with van der Waals surface area (Å²) in [6.07, 6.45) is 2.64. The Morgan fingerprint density at radius 2 is 1.49 bits per heavy atom. The van der Waals surface area contributed by atoms with Gasteiger partial charge in [0.2, 0.25) is 11.8 Å². The fourth-order valence-corrected chi connectivity index (χ4v) is 11.0. The van der Waals surface area contributed by atoms with Crippen molar-refractivity contribution in [2.45, 2.75) is 68.9 Å². The van der Waals surface area contributed by atoms with Crippen LogP contribution in [0, 0.1) is 0 Å². The molecule has 0 spiro atoms. The van der Waals surface area contributed by atoms with Crippen molar-refractivity contribution < 1.29 is 29.0 Å². The van der Waals surface area contributed by atoms with Crippen LogP contribution in [0.5, 0.6) is 0 Å². The van der Waals surface area contributed by atoms with Gasteiger partial charge in [-0.3, -0.25) is 9.59 Å². The Morgan fingerprint density at radius 3 is 2.16 bits per heavy atom. The second-order valence-electron chi connectivity index (χ2n) is 14.7. The van der Waals surface area contributed by atoms with Crippen LogP contribution in [0.15, 0.2) is 97.1 Å². The van der Waals surface area contributed by atoms with Gasteiger partial charge in [-0.2, -0.15) is 0 Å². The van der Waals surface area contributed by atoms with Crippen molar-refractivity contribution in [3.05, 3.63) is 130 Å². The third-order valence-electron chi connectivity index (χ3n) is 10.6. The Bertz CT molecular complexity index is 1930. The molecule has 10 heteroatoms. The summed E-state index contributed by atoms with van der Waals surface area (Å²) in [5, 5.41) is 15.5. The molecule has 51 heavy (non-hydrogen) atoms. The van der Waals surface area contributed by atoms with Crippen molar-refractivity contribution in [3.63, 3.8) is 0 Å². The van der Waals surface area contributed by atoms with Crippen LogP contribution in [0.3, 0.4) is 0 Å². The van der Waals surface area contributed by atoms with Gasteiger partial charge in [0.25, 0.3) is 0 Å². The predicted octanol–water partition coefficient (Wildman–Crippen LogP) is 6.49. The number of benzene rings is 4. The zero-order valence-corrected chi connectivity index (χ0v) is 29.9. The van der Waals surface area contributed by atoms with Crippen molar-refractivity contribution in [1.29, 1.82) is 0 Å². The molecule has 4 aromatic carbocycles. The number of amides is 3. The molecular weight excluding hydrogens is 659 g/mol. The maximum atomic E-state index is 14.5. The molecule has 7 rings (SSSR count). The number of carbonyl (C=O) groups is 4. The van der Waals surface area contributed by atoms with E-state index in [0.29, 0.717) is 17.8 Å². The third-order valence-corrected chi connectivity index (χ3v) is 13.3. The molecule has 262 valence electrons. The highest BCUT2D eigenvalue weighted by molar-refractivity contribution is 6.79. The number of carboxylic acids is 1. The number of hydrogen-bond donors (Lipinski definition) is 3. The van der Waals surface area contributed by atoms with Crippen LogP contribution >= 0.6 is 0 Å². The van der Waals surface area contributed by atoms with Crippen LogP contribution in [0.4, 0.5) is 4.79 Å². The molecule has 3 N–H and O–H groups in total. The number of fused-ring (bicyclic) bond motifs is 4. The molecule has 0 radical (unpaired) electrons. The first-order valence-electron chi connectivity index (χ1n) is 17.7. The van der Waals surface area contributed by atoms with Crippen molar-refractivity contribution in [3.8, 4) is 11.1 Å². The van der Waals surface area contributed by atoms with E-state index in [-0.39, 0.29) is 42.4 Å². The van der Waals surface area contributed by atoms with Gasteiger partial charge in [0.1, 0.15) is 18.7 Å². The maximum absolute atomic E-state index is 14.5. The summed E-state index contributed by atoms with van der Waals surface area (Å²) in [5.74, 6) is -1.73. The van der Waals surface area contributed by atoms with E-state index < -0.39 is 32.2 Å². The number of carboxylic acid groups (broad SMARTS) is 1. The molecule has 1 heterocycles. The minimum absolute atomic E-state index is 0.0889. The molecule has 3 atom stereocenters. The molecular formula is C41H43N3O6Si. The first-order valence-corrected chi connectivity index (χ1v) is 21.1. The zero-order chi connectivity index (χ0) is 35.7. The normalized spacial score (nSPS) is 19.3. The van der Waals surface area contributed by atoms with Gasteiger partial charge in [0, 0.05) is 18.5 Å². The molecule has 0 unspecified atom stereocenters. The van der Waals surface area contributed by atoms with Gasteiger partial charge < -0.3 is 25.4 Å². The number of aryl methyl sites for hydroxylation is 1. The van der Waals surface area contributed by atoms with E-state index in [4.69, 9.17) is 4.74 Å². The molecule has 1 aliphatic heterocycles. The molecule has 0 aromatic heterocycles. The molecule has 1 fully saturated rings. The van der Waals surface area contributed by atoms with Crippen LogP contribution in [0.1, 0.15) is 63.0 Å². The Morgan fingerprint density at radius 1 is 0.863 bits per heavy atom. The highest BCUT2D eigenvalue weighted by Crippen LogP contribution is 2.44. The number of alkyl carbamates (subject to hydrolysis) is 1. The van der Waals surface area contributed by atoms with E-state index in [9.17, 15) is 24.3 Å². The number of nitrogens with zero attached hydrogens (tertiary/aromatic N) is 1. The Hall–Kier alpha value is -5.22. The van der Waals surface area contributed by atoms with E-state index in [1.165, 1.54) is 17.7 Å². The van der Waals surface area contributed by atoms with E-state index in [1.54, 1.807) is 17.0 Å². The number of ether oxygens (including phenoxy) is 1. The van der Waals surface area contributed by atoms with Crippen LogP contribution in [0.25, 0.3) is 11.1 Å². The lowest BCUT2D eigenvalue weighted by atomic mass is 9.87. The van der Waals surface area contributed by atoms with Gasteiger partial charge in [0.05, 0.1) is 19.7 Å². The first-order chi connectivity index (χ1) is 24.6. The minimum Gasteiger partial charge on any atom is -0.478 e. The summed E-state index contributed by atoms with van der Waals surface area (Å²) >= 11 is 0. The molecule has 3 amide bonds. The summed E-state index contributed by atoms with van der Waals surface area (Å²) < 4.78 is 5.85. The van der Waals surface area contributed by atoms with Gasteiger partial charge in [0.15, 0.2) is 0 Å². The maximum Gasteiger partial charge on any atom is 0.407 e. The van der Waals surface area contributed by atoms with Gasteiger partial charge in [-0.1, -0.05) is 98.0 Å². The zero-order valence-electron chi connectivity index (χ0n) is 28.9. The lowest BCUT2D eigenvalue weighted by Gasteiger charge is -2.32. The fraction of sp³-hybridized carbons (Fsp3) is 0.317. The minimum atomic E-state index is -1.99. The highest BCUT2D eigenvalue weighted by atomic mass is 28.3. The Labute approximate surface area is 299 Å². The Balaban J connectivity index is 1.11. The monoisotopic (exact) mass is 701 g/mol. The molecule has 9 nitrogen and oxygen atoms in total. The number of nitrogens with one attached hydrogen (secondary N) is 2. The van der Waals surface area contributed by atoms with E-state index >= 15 is 0 Å². The number of rotatable bonds is 9. The lowest BCUT2D eigenvalue weighted by Crippen LogP contribution is -2.55. The van der Waals surface area contributed by atoms with E-state index in [2.05, 4.69) is 48.0 Å².